The summed E-state index contributed by atoms with van der Waals surface area (Å²) in [5.41, 5.74) is 5.59. The zero-order valence-electron chi connectivity index (χ0n) is 10.1. The minimum atomic E-state index is -4.31. The van der Waals surface area contributed by atoms with Crippen molar-refractivity contribution >= 4 is 5.84 Å². The van der Waals surface area contributed by atoms with Crippen LogP contribution in [0.5, 0.6) is 11.5 Å². The van der Waals surface area contributed by atoms with E-state index in [-0.39, 0.29) is 17.1 Å². The van der Waals surface area contributed by atoms with Crippen LogP contribution < -0.4 is 15.2 Å². The molecule has 0 aliphatic rings. The molecule has 19 heavy (non-hydrogen) atoms. The lowest BCUT2D eigenvalue weighted by Gasteiger charge is -2.13. The van der Waals surface area contributed by atoms with E-state index in [0.29, 0.717) is 5.75 Å². The van der Waals surface area contributed by atoms with Crippen molar-refractivity contribution in [3.05, 3.63) is 23.8 Å². The summed E-state index contributed by atoms with van der Waals surface area (Å²) >= 11 is 0. The lowest BCUT2D eigenvalue weighted by atomic mass is 10.1. The average molecular weight is 278 g/mol. The molecular weight excluding hydrogens is 265 g/mol. The van der Waals surface area contributed by atoms with Crippen LogP contribution in [0.1, 0.15) is 12.0 Å². The van der Waals surface area contributed by atoms with Crippen molar-refractivity contribution in [3.8, 4) is 11.5 Å². The van der Waals surface area contributed by atoms with Gasteiger partial charge in [-0.15, -0.1) is 0 Å². The molecule has 0 spiro atoms. The zero-order valence-corrected chi connectivity index (χ0v) is 10.1. The second-order valence-corrected chi connectivity index (χ2v) is 3.56. The van der Waals surface area contributed by atoms with Crippen LogP contribution in [0.2, 0.25) is 0 Å². The number of oxime groups is 1. The molecule has 3 N–H and O–H groups in total. The highest BCUT2D eigenvalue weighted by Crippen LogP contribution is 2.26. The number of amidine groups is 1. The molecule has 0 aromatic heterocycles. The number of halogens is 3. The van der Waals surface area contributed by atoms with Gasteiger partial charge in [0.05, 0.1) is 25.7 Å². The highest BCUT2D eigenvalue weighted by atomic mass is 19.4. The number of nitrogens with two attached hydrogens (primary N) is 1. The Morgan fingerprint density at radius 1 is 1.42 bits per heavy atom. The van der Waals surface area contributed by atoms with Gasteiger partial charge < -0.3 is 20.4 Å². The predicted molar refractivity (Wildman–Crippen MR) is 61.7 cm³/mol. The molecule has 0 fully saturated rings. The summed E-state index contributed by atoms with van der Waals surface area (Å²) in [6.45, 7) is -0.567. The minimum Gasteiger partial charge on any atom is -0.497 e. The molecule has 8 heteroatoms. The SMILES string of the molecule is COc1ccc(/C(N)=N/O)c(OCCC(F)(F)F)c1. The zero-order chi connectivity index (χ0) is 14.5. The Morgan fingerprint density at radius 3 is 2.63 bits per heavy atom. The summed E-state index contributed by atoms with van der Waals surface area (Å²) in [5, 5.41) is 11.4. The summed E-state index contributed by atoms with van der Waals surface area (Å²) < 4.78 is 46.0. The molecule has 0 aliphatic carbocycles. The van der Waals surface area contributed by atoms with Crippen LogP contribution in [0.25, 0.3) is 0 Å². The van der Waals surface area contributed by atoms with Crippen molar-refractivity contribution in [3.63, 3.8) is 0 Å². The number of hydrogen-bond acceptors (Lipinski definition) is 4. The predicted octanol–water partition coefficient (Wildman–Crippen LogP) is 2.12. The Kier molecular flexibility index (Phi) is 4.85. The quantitative estimate of drug-likeness (QED) is 0.374. The first-order valence-corrected chi connectivity index (χ1v) is 5.23. The fourth-order valence-corrected chi connectivity index (χ4v) is 1.29. The lowest BCUT2D eigenvalue weighted by Crippen LogP contribution is -2.17. The molecule has 0 amide bonds. The highest BCUT2D eigenvalue weighted by Gasteiger charge is 2.27. The summed E-state index contributed by atoms with van der Waals surface area (Å²) in [6, 6.07) is 4.31. The Bertz CT molecular complexity index is 461. The molecule has 0 saturated heterocycles. The van der Waals surface area contributed by atoms with E-state index in [0.717, 1.165) is 0 Å². The molecule has 0 unspecified atom stereocenters. The first-order valence-electron chi connectivity index (χ1n) is 5.23. The lowest BCUT2D eigenvalue weighted by molar-refractivity contribution is -0.139. The van der Waals surface area contributed by atoms with E-state index in [9.17, 15) is 13.2 Å². The van der Waals surface area contributed by atoms with Gasteiger partial charge in [0.2, 0.25) is 0 Å². The van der Waals surface area contributed by atoms with E-state index in [1.165, 1.54) is 25.3 Å². The van der Waals surface area contributed by atoms with Crippen molar-refractivity contribution < 1.29 is 27.9 Å². The summed E-state index contributed by atoms with van der Waals surface area (Å²) in [6.07, 6.45) is -5.41. The van der Waals surface area contributed by atoms with Crippen LogP contribution in [0.3, 0.4) is 0 Å². The van der Waals surface area contributed by atoms with Crippen LogP contribution in [0.4, 0.5) is 13.2 Å². The highest BCUT2D eigenvalue weighted by molar-refractivity contribution is 5.99. The van der Waals surface area contributed by atoms with E-state index in [1.807, 2.05) is 0 Å². The molecule has 0 heterocycles. The first kappa shape index (κ1) is 14.9. The monoisotopic (exact) mass is 278 g/mol. The van der Waals surface area contributed by atoms with Gasteiger partial charge in [-0.25, -0.2) is 0 Å². The maximum absolute atomic E-state index is 12.0. The third kappa shape index (κ3) is 4.57. The maximum Gasteiger partial charge on any atom is 0.392 e. The Morgan fingerprint density at radius 2 is 2.11 bits per heavy atom. The van der Waals surface area contributed by atoms with E-state index >= 15 is 0 Å². The van der Waals surface area contributed by atoms with E-state index in [4.69, 9.17) is 20.4 Å². The van der Waals surface area contributed by atoms with Crippen LogP contribution in [-0.2, 0) is 0 Å². The molecule has 0 atom stereocenters. The number of alkyl halides is 3. The van der Waals surface area contributed by atoms with E-state index < -0.39 is 19.2 Å². The summed E-state index contributed by atoms with van der Waals surface area (Å²) in [4.78, 5) is 0. The number of rotatable bonds is 5. The number of ether oxygens (including phenoxy) is 2. The topological polar surface area (TPSA) is 77.1 Å². The van der Waals surface area contributed by atoms with Gasteiger partial charge in [0.15, 0.2) is 5.84 Å². The average Bonchev–Trinajstić information content (AvgIpc) is 2.36. The number of benzene rings is 1. The molecule has 0 saturated carbocycles. The van der Waals surface area contributed by atoms with Gasteiger partial charge in [0, 0.05) is 6.07 Å². The molecule has 106 valence electrons. The van der Waals surface area contributed by atoms with Crippen LogP contribution in [-0.4, -0.2) is 30.9 Å². The molecular formula is C11H13F3N2O3. The largest absolute Gasteiger partial charge is 0.497 e. The molecule has 0 aliphatic heterocycles. The maximum atomic E-state index is 12.0. The molecule has 0 bridgehead atoms. The van der Waals surface area contributed by atoms with Gasteiger partial charge >= 0.3 is 6.18 Å². The van der Waals surface area contributed by atoms with Gasteiger partial charge in [-0.3, -0.25) is 0 Å². The second-order valence-electron chi connectivity index (χ2n) is 3.56. The second kappa shape index (κ2) is 6.17. The molecule has 1 rings (SSSR count). The Hall–Kier alpha value is -2.12. The van der Waals surface area contributed by atoms with Crippen molar-refractivity contribution in [1.82, 2.24) is 0 Å². The van der Waals surface area contributed by atoms with E-state index in [2.05, 4.69) is 5.16 Å². The van der Waals surface area contributed by atoms with Gasteiger partial charge in [-0.05, 0) is 12.1 Å². The van der Waals surface area contributed by atoms with Crippen LogP contribution in [0.15, 0.2) is 23.4 Å². The minimum absolute atomic E-state index is 0.0545. The van der Waals surface area contributed by atoms with Gasteiger partial charge in [0.25, 0.3) is 0 Å². The standard InChI is InChI=1S/C11H13F3N2O3/c1-18-7-2-3-8(10(15)16-17)9(6-7)19-5-4-11(12,13)14/h2-3,6,17H,4-5H2,1H3,(H2,15,16). The van der Waals surface area contributed by atoms with Gasteiger partial charge in [-0.2, -0.15) is 13.2 Å². The Balaban J connectivity index is 2.89. The number of hydrogen-bond donors (Lipinski definition) is 2. The summed E-state index contributed by atoms with van der Waals surface area (Å²) in [7, 11) is 1.40. The van der Waals surface area contributed by atoms with Gasteiger partial charge in [-0.1, -0.05) is 5.16 Å². The van der Waals surface area contributed by atoms with Crippen LogP contribution in [0, 0.1) is 0 Å². The van der Waals surface area contributed by atoms with Crippen molar-refractivity contribution in [2.24, 2.45) is 10.9 Å². The smallest absolute Gasteiger partial charge is 0.392 e. The molecule has 1 aromatic carbocycles. The summed E-state index contributed by atoms with van der Waals surface area (Å²) in [5.74, 6) is 0.181. The molecule has 5 nitrogen and oxygen atoms in total. The van der Waals surface area contributed by atoms with Crippen molar-refractivity contribution in [2.45, 2.75) is 12.6 Å². The normalized spacial score (nSPS) is 12.3. The molecule has 1 aromatic rings. The van der Waals surface area contributed by atoms with Crippen molar-refractivity contribution in [2.75, 3.05) is 13.7 Å². The number of nitrogens with zero attached hydrogens (tertiary/aromatic N) is 1. The van der Waals surface area contributed by atoms with Gasteiger partial charge in [0.1, 0.15) is 11.5 Å². The fraction of sp³-hybridized carbons (Fsp3) is 0.364. The molecule has 0 radical (unpaired) electrons. The van der Waals surface area contributed by atoms with E-state index in [1.54, 1.807) is 0 Å². The fourth-order valence-electron chi connectivity index (χ4n) is 1.29. The Labute approximate surface area is 107 Å². The third-order valence-electron chi connectivity index (χ3n) is 2.22. The third-order valence-corrected chi connectivity index (χ3v) is 2.22. The van der Waals surface area contributed by atoms with Crippen molar-refractivity contribution in [1.29, 1.82) is 0 Å². The van der Waals surface area contributed by atoms with Crippen LogP contribution >= 0.6 is 0 Å². The first-order chi connectivity index (χ1) is 8.87. The number of methoxy groups -OCH3 is 1.